The number of rotatable bonds is 6. The van der Waals surface area contributed by atoms with E-state index in [1.807, 2.05) is 13.0 Å². The van der Waals surface area contributed by atoms with Gasteiger partial charge >= 0.3 is 0 Å². The smallest absolute Gasteiger partial charge is 0.123 e. The third kappa shape index (κ3) is 5.20. The third-order valence-corrected chi connectivity index (χ3v) is 4.35. The van der Waals surface area contributed by atoms with Gasteiger partial charge in [0.15, 0.2) is 0 Å². The number of phenolic OH excluding ortho intramolecular Hbond substituents is 1. The highest BCUT2D eigenvalue weighted by molar-refractivity contribution is 5.54. The summed E-state index contributed by atoms with van der Waals surface area (Å²) < 4.78 is 0. The number of aromatic hydroxyl groups is 1. The number of hydrogen-bond acceptors (Lipinski definition) is 4. The van der Waals surface area contributed by atoms with Gasteiger partial charge in [0.2, 0.25) is 0 Å². The van der Waals surface area contributed by atoms with Crippen LogP contribution in [0.2, 0.25) is 0 Å². The molecule has 4 heteroatoms. The zero-order valence-corrected chi connectivity index (χ0v) is 16.3. The van der Waals surface area contributed by atoms with Crippen molar-refractivity contribution in [3.05, 3.63) is 28.3 Å². The van der Waals surface area contributed by atoms with Crippen LogP contribution in [0, 0.1) is 6.92 Å². The van der Waals surface area contributed by atoms with Crippen LogP contribution in [0.5, 0.6) is 5.75 Å². The second kappa shape index (κ2) is 7.85. The van der Waals surface area contributed by atoms with E-state index in [1.165, 1.54) is 0 Å². The lowest BCUT2D eigenvalue weighted by molar-refractivity contribution is 0.168. The fraction of sp³-hybridized carbons (Fsp3) is 0.700. The Morgan fingerprint density at radius 1 is 1.08 bits per heavy atom. The molecule has 0 spiro atoms. The van der Waals surface area contributed by atoms with Crippen molar-refractivity contribution < 1.29 is 15.3 Å². The Bertz CT molecular complexity index is 553. The van der Waals surface area contributed by atoms with Crippen LogP contribution in [0.15, 0.2) is 6.07 Å². The van der Waals surface area contributed by atoms with Crippen molar-refractivity contribution >= 4 is 0 Å². The first kappa shape index (κ1) is 20.9. The van der Waals surface area contributed by atoms with E-state index in [0.29, 0.717) is 25.3 Å². The van der Waals surface area contributed by atoms with Gasteiger partial charge in [-0.25, -0.2) is 0 Å². The highest BCUT2D eigenvalue weighted by Crippen LogP contribution is 2.42. The number of nitrogens with one attached hydrogen (secondary N) is 1. The Morgan fingerprint density at radius 2 is 1.67 bits per heavy atom. The molecule has 0 bridgehead atoms. The Labute approximate surface area is 146 Å². The summed E-state index contributed by atoms with van der Waals surface area (Å²) in [5, 5.41) is 33.0. The van der Waals surface area contributed by atoms with E-state index in [1.54, 1.807) is 0 Å². The van der Waals surface area contributed by atoms with Crippen LogP contribution >= 0.6 is 0 Å². The van der Waals surface area contributed by atoms with Crippen LogP contribution < -0.4 is 5.32 Å². The quantitative estimate of drug-likeness (QED) is 0.602. The second-order valence-electron chi connectivity index (χ2n) is 8.72. The molecule has 0 aliphatic heterocycles. The molecular weight excluding hydrogens is 302 g/mol. The Hall–Kier alpha value is -1.10. The van der Waals surface area contributed by atoms with Gasteiger partial charge in [0, 0.05) is 18.7 Å². The molecule has 0 radical (unpaired) electrons. The summed E-state index contributed by atoms with van der Waals surface area (Å²) in [6.07, 6.45) is -0.00287. The summed E-state index contributed by atoms with van der Waals surface area (Å²) in [5.74, 6) is 0.379. The molecule has 1 unspecified atom stereocenters. The first-order chi connectivity index (χ1) is 10.9. The van der Waals surface area contributed by atoms with E-state index in [0.717, 1.165) is 22.3 Å². The van der Waals surface area contributed by atoms with E-state index in [-0.39, 0.29) is 17.4 Å². The van der Waals surface area contributed by atoms with Gasteiger partial charge in [-0.15, -0.1) is 0 Å². The first-order valence-corrected chi connectivity index (χ1v) is 8.75. The van der Waals surface area contributed by atoms with Gasteiger partial charge in [0.1, 0.15) is 5.75 Å². The van der Waals surface area contributed by atoms with Crippen molar-refractivity contribution in [2.45, 2.75) is 71.8 Å². The topological polar surface area (TPSA) is 72.7 Å². The van der Waals surface area contributed by atoms with Crippen LogP contribution in [0.3, 0.4) is 0 Å². The minimum absolute atomic E-state index is 0.0628. The lowest BCUT2D eigenvalue weighted by atomic mass is 9.75. The van der Waals surface area contributed by atoms with Gasteiger partial charge < -0.3 is 20.6 Å². The van der Waals surface area contributed by atoms with E-state index < -0.39 is 6.10 Å². The normalized spacial score (nSPS) is 14.0. The molecule has 1 aromatic carbocycles. The molecule has 4 N–H and O–H groups in total. The highest BCUT2D eigenvalue weighted by atomic mass is 16.3. The average molecular weight is 338 g/mol. The average Bonchev–Trinajstić information content (AvgIpc) is 2.39. The molecule has 0 aliphatic rings. The molecule has 0 aliphatic carbocycles. The molecule has 1 aromatic rings. The molecule has 0 amide bonds. The lowest BCUT2D eigenvalue weighted by Gasteiger charge is -2.31. The Morgan fingerprint density at radius 3 is 2.12 bits per heavy atom. The van der Waals surface area contributed by atoms with E-state index in [4.69, 9.17) is 5.11 Å². The SMILES string of the molecule is Cc1c(CC(O)CNCCO)cc(C(C)(C)C)c(O)c1C(C)(C)C. The largest absolute Gasteiger partial charge is 0.507 e. The Kier molecular flexibility index (Phi) is 6.85. The van der Waals surface area contributed by atoms with Gasteiger partial charge in [-0.1, -0.05) is 47.6 Å². The zero-order chi connectivity index (χ0) is 18.7. The maximum absolute atomic E-state index is 10.9. The van der Waals surface area contributed by atoms with E-state index in [9.17, 15) is 10.2 Å². The third-order valence-electron chi connectivity index (χ3n) is 4.35. The van der Waals surface area contributed by atoms with Crippen LogP contribution in [0.4, 0.5) is 0 Å². The maximum Gasteiger partial charge on any atom is 0.123 e. The predicted molar refractivity (Wildman–Crippen MR) is 99.9 cm³/mol. The molecule has 0 aromatic heterocycles. The monoisotopic (exact) mass is 337 g/mol. The molecule has 0 saturated heterocycles. The lowest BCUT2D eigenvalue weighted by Crippen LogP contribution is -2.31. The number of phenols is 1. The first-order valence-electron chi connectivity index (χ1n) is 8.75. The fourth-order valence-electron chi connectivity index (χ4n) is 3.20. The summed E-state index contributed by atoms with van der Waals surface area (Å²) in [4.78, 5) is 0. The van der Waals surface area contributed by atoms with Gasteiger partial charge in [-0.3, -0.25) is 0 Å². The van der Waals surface area contributed by atoms with Crippen molar-refractivity contribution in [2.24, 2.45) is 0 Å². The number of benzene rings is 1. The molecule has 1 atom stereocenters. The van der Waals surface area contributed by atoms with Crippen LogP contribution in [0.25, 0.3) is 0 Å². The summed E-state index contributed by atoms with van der Waals surface area (Å²) in [7, 11) is 0. The number of aliphatic hydroxyl groups excluding tert-OH is 2. The Balaban J connectivity index is 3.30. The minimum Gasteiger partial charge on any atom is -0.507 e. The maximum atomic E-state index is 10.9. The molecular formula is C20H35NO3. The summed E-state index contributed by atoms with van der Waals surface area (Å²) >= 11 is 0. The summed E-state index contributed by atoms with van der Waals surface area (Å²) in [6.45, 7) is 15.6. The molecule has 24 heavy (non-hydrogen) atoms. The van der Waals surface area contributed by atoms with Crippen LogP contribution in [-0.4, -0.2) is 41.1 Å². The van der Waals surface area contributed by atoms with E-state index >= 15 is 0 Å². The van der Waals surface area contributed by atoms with Crippen LogP contribution in [-0.2, 0) is 17.3 Å². The fourth-order valence-corrected chi connectivity index (χ4v) is 3.20. The van der Waals surface area contributed by atoms with E-state index in [2.05, 4.69) is 46.9 Å². The second-order valence-corrected chi connectivity index (χ2v) is 8.72. The van der Waals surface area contributed by atoms with Crippen molar-refractivity contribution in [2.75, 3.05) is 19.7 Å². The molecule has 0 fully saturated rings. The number of aliphatic hydroxyl groups is 2. The van der Waals surface area contributed by atoms with Gasteiger partial charge in [0.25, 0.3) is 0 Å². The summed E-state index contributed by atoms with van der Waals surface area (Å²) in [5.41, 5.74) is 3.65. The zero-order valence-electron chi connectivity index (χ0n) is 16.3. The van der Waals surface area contributed by atoms with Crippen molar-refractivity contribution in [3.8, 4) is 5.75 Å². The van der Waals surface area contributed by atoms with Crippen molar-refractivity contribution in [1.29, 1.82) is 0 Å². The van der Waals surface area contributed by atoms with Crippen LogP contribution in [0.1, 0.15) is 63.8 Å². The standard InChI is InChI=1S/C20H35NO3/c1-13-14(10-15(23)12-21-8-9-22)11-16(19(2,3)4)18(24)17(13)20(5,6)7/h11,15,21-24H,8-10,12H2,1-7H3. The van der Waals surface area contributed by atoms with Gasteiger partial charge in [0.05, 0.1) is 12.7 Å². The summed E-state index contributed by atoms with van der Waals surface area (Å²) in [6, 6.07) is 2.04. The number of hydrogen-bond donors (Lipinski definition) is 4. The van der Waals surface area contributed by atoms with Crippen molar-refractivity contribution in [3.63, 3.8) is 0 Å². The highest BCUT2D eigenvalue weighted by Gasteiger charge is 2.29. The molecule has 0 saturated carbocycles. The predicted octanol–water partition coefficient (Wildman–Crippen LogP) is 2.78. The molecule has 1 rings (SSSR count). The molecule has 0 heterocycles. The van der Waals surface area contributed by atoms with Crippen molar-refractivity contribution in [1.82, 2.24) is 5.32 Å². The van der Waals surface area contributed by atoms with Gasteiger partial charge in [-0.05, 0) is 40.9 Å². The minimum atomic E-state index is -0.527. The van der Waals surface area contributed by atoms with Gasteiger partial charge in [-0.2, -0.15) is 0 Å². The molecule has 4 nitrogen and oxygen atoms in total. The molecule has 138 valence electrons.